The van der Waals surface area contributed by atoms with E-state index in [1.165, 1.54) is 0 Å². The summed E-state index contributed by atoms with van der Waals surface area (Å²) in [7, 11) is 0. The normalized spacial score (nSPS) is 18.6. The Hall–Kier alpha value is -1.82. The smallest absolute Gasteiger partial charge is 0.222 e. The number of amides is 1. The van der Waals surface area contributed by atoms with Gasteiger partial charge in [0.1, 0.15) is 5.75 Å². The SMILES string of the molecule is CCOc1ccc2nc(NC3CNC(=O)C3)sc2c1. The molecule has 1 aromatic heterocycles. The van der Waals surface area contributed by atoms with Gasteiger partial charge in [-0.3, -0.25) is 4.79 Å². The van der Waals surface area contributed by atoms with Crippen molar-refractivity contribution in [2.45, 2.75) is 19.4 Å². The standard InChI is InChI=1S/C13H15N3O2S/c1-2-18-9-3-4-10-11(6-9)19-13(16-10)15-8-5-12(17)14-7-8/h3-4,6,8H,2,5,7H2,1H3,(H,14,17)(H,15,16). The van der Waals surface area contributed by atoms with E-state index in [2.05, 4.69) is 15.6 Å². The highest BCUT2D eigenvalue weighted by Crippen LogP contribution is 2.30. The number of ether oxygens (including phenoxy) is 1. The predicted molar refractivity (Wildman–Crippen MR) is 75.8 cm³/mol. The van der Waals surface area contributed by atoms with Crippen LogP contribution in [-0.2, 0) is 4.79 Å². The number of benzene rings is 1. The summed E-state index contributed by atoms with van der Waals surface area (Å²) in [5.41, 5.74) is 0.952. The van der Waals surface area contributed by atoms with Gasteiger partial charge < -0.3 is 15.4 Å². The van der Waals surface area contributed by atoms with Gasteiger partial charge in [-0.15, -0.1) is 0 Å². The number of carbonyl (C=O) groups excluding carboxylic acids is 1. The number of carbonyl (C=O) groups is 1. The lowest BCUT2D eigenvalue weighted by molar-refractivity contribution is -0.119. The van der Waals surface area contributed by atoms with E-state index in [1.54, 1.807) is 11.3 Å². The second-order valence-electron chi connectivity index (χ2n) is 4.43. The third-order valence-corrected chi connectivity index (χ3v) is 3.93. The first kappa shape index (κ1) is 12.2. The third-order valence-electron chi connectivity index (χ3n) is 2.98. The fraction of sp³-hybridized carbons (Fsp3) is 0.385. The van der Waals surface area contributed by atoms with E-state index in [-0.39, 0.29) is 11.9 Å². The maximum Gasteiger partial charge on any atom is 0.222 e. The minimum atomic E-state index is 0.0947. The molecule has 2 N–H and O–H groups in total. The summed E-state index contributed by atoms with van der Waals surface area (Å²) in [6.07, 6.45) is 0.514. The van der Waals surface area contributed by atoms with Crippen LogP contribution >= 0.6 is 11.3 Å². The van der Waals surface area contributed by atoms with Crippen molar-refractivity contribution in [1.29, 1.82) is 0 Å². The number of hydrogen-bond donors (Lipinski definition) is 2. The van der Waals surface area contributed by atoms with Gasteiger partial charge in [-0.25, -0.2) is 4.98 Å². The maximum atomic E-state index is 11.1. The predicted octanol–water partition coefficient (Wildman–Crippen LogP) is 2.00. The third kappa shape index (κ3) is 2.63. The summed E-state index contributed by atoms with van der Waals surface area (Å²) in [6.45, 7) is 3.29. The van der Waals surface area contributed by atoms with E-state index >= 15 is 0 Å². The molecule has 1 amide bonds. The monoisotopic (exact) mass is 277 g/mol. The van der Waals surface area contributed by atoms with E-state index in [9.17, 15) is 4.79 Å². The molecule has 1 aliphatic rings. The summed E-state index contributed by atoms with van der Waals surface area (Å²) in [5, 5.41) is 6.95. The second-order valence-corrected chi connectivity index (χ2v) is 5.46. The fourth-order valence-corrected chi connectivity index (χ4v) is 3.08. The van der Waals surface area contributed by atoms with Crippen molar-refractivity contribution in [3.05, 3.63) is 18.2 Å². The lowest BCUT2D eigenvalue weighted by atomic mass is 10.3. The lowest BCUT2D eigenvalue weighted by Crippen LogP contribution is -2.22. The lowest BCUT2D eigenvalue weighted by Gasteiger charge is -2.07. The molecule has 5 nitrogen and oxygen atoms in total. The van der Waals surface area contributed by atoms with Gasteiger partial charge in [-0.2, -0.15) is 0 Å². The molecule has 1 aromatic carbocycles. The number of thiazole rings is 1. The molecule has 1 aliphatic heterocycles. The average molecular weight is 277 g/mol. The summed E-state index contributed by atoms with van der Waals surface area (Å²) >= 11 is 1.58. The molecule has 0 radical (unpaired) electrons. The highest BCUT2D eigenvalue weighted by atomic mass is 32.1. The molecule has 1 fully saturated rings. The van der Waals surface area contributed by atoms with Crippen molar-refractivity contribution in [3.8, 4) is 5.75 Å². The molecule has 1 saturated heterocycles. The van der Waals surface area contributed by atoms with E-state index in [0.717, 1.165) is 21.1 Å². The van der Waals surface area contributed by atoms with Crippen molar-refractivity contribution in [2.24, 2.45) is 0 Å². The average Bonchev–Trinajstić information content (AvgIpc) is 2.95. The highest BCUT2D eigenvalue weighted by Gasteiger charge is 2.22. The number of nitrogens with zero attached hydrogens (tertiary/aromatic N) is 1. The highest BCUT2D eigenvalue weighted by molar-refractivity contribution is 7.22. The Kier molecular flexibility index (Phi) is 3.25. The van der Waals surface area contributed by atoms with Crippen molar-refractivity contribution in [2.75, 3.05) is 18.5 Å². The largest absolute Gasteiger partial charge is 0.494 e. The van der Waals surface area contributed by atoms with Crippen LogP contribution in [0.3, 0.4) is 0 Å². The second kappa shape index (κ2) is 5.05. The number of hydrogen-bond acceptors (Lipinski definition) is 5. The summed E-state index contributed by atoms with van der Waals surface area (Å²) in [5.74, 6) is 0.958. The molecular weight excluding hydrogens is 262 g/mol. The van der Waals surface area contributed by atoms with E-state index in [4.69, 9.17) is 4.74 Å². The maximum absolute atomic E-state index is 11.1. The molecule has 0 bridgehead atoms. The van der Waals surface area contributed by atoms with Gasteiger partial charge in [0, 0.05) is 13.0 Å². The molecular formula is C13H15N3O2S. The van der Waals surface area contributed by atoms with Crippen molar-refractivity contribution in [1.82, 2.24) is 10.3 Å². The van der Waals surface area contributed by atoms with Crippen molar-refractivity contribution >= 4 is 32.6 Å². The topological polar surface area (TPSA) is 63.2 Å². The Morgan fingerprint density at radius 2 is 2.47 bits per heavy atom. The van der Waals surface area contributed by atoms with Crippen LogP contribution in [0.4, 0.5) is 5.13 Å². The molecule has 19 heavy (non-hydrogen) atoms. The fourth-order valence-electron chi connectivity index (χ4n) is 2.10. The zero-order chi connectivity index (χ0) is 13.2. The van der Waals surface area contributed by atoms with Gasteiger partial charge in [-0.1, -0.05) is 11.3 Å². The van der Waals surface area contributed by atoms with Crippen LogP contribution in [0.1, 0.15) is 13.3 Å². The molecule has 1 unspecified atom stereocenters. The molecule has 0 spiro atoms. The van der Waals surface area contributed by atoms with Gasteiger partial charge in [0.15, 0.2) is 5.13 Å². The minimum absolute atomic E-state index is 0.0947. The molecule has 0 saturated carbocycles. The van der Waals surface area contributed by atoms with Crippen LogP contribution in [-0.4, -0.2) is 30.1 Å². The zero-order valence-corrected chi connectivity index (χ0v) is 11.4. The van der Waals surface area contributed by atoms with Crippen LogP contribution in [0.25, 0.3) is 10.2 Å². The molecule has 1 atom stereocenters. The molecule has 6 heteroatoms. The number of anilines is 1. The Bertz CT molecular complexity index is 611. The first-order valence-corrected chi connectivity index (χ1v) is 7.13. The van der Waals surface area contributed by atoms with E-state index in [1.807, 2.05) is 25.1 Å². The summed E-state index contributed by atoms with van der Waals surface area (Å²) in [4.78, 5) is 15.7. The van der Waals surface area contributed by atoms with Gasteiger partial charge in [0.2, 0.25) is 5.91 Å². The van der Waals surface area contributed by atoms with Gasteiger partial charge in [-0.05, 0) is 25.1 Å². The minimum Gasteiger partial charge on any atom is -0.494 e. The quantitative estimate of drug-likeness (QED) is 0.897. The molecule has 100 valence electrons. The molecule has 3 rings (SSSR count). The van der Waals surface area contributed by atoms with Crippen LogP contribution in [0.15, 0.2) is 18.2 Å². The van der Waals surface area contributed by atoms with Crippen molar-refractivity contribution in [3.63, 3.8) is 0 Å². The zero-order valence-electron chi connectivity index (χ0n) is 10.6. The van der Waals surface area contributed by atoms with Gasteiger partial charge in [0.25, 0.3) is 0 Å². The Morgan fingerprint density at radius 1 is 1.58 bits per heavy atom. The van der Waals surface area contributed by atoms with Gasteiger partial charge >= 0.3 is 0 Å². The Morgan fingerprint density at radius 3 is 3.21 bits per heavy atom. The van der Waals surface area contributed by atoms with Crippen LogP contribution in [0.5, 0.6) is 5.75 Å². The Labute approximate surface area is 115 Å². The molecule has 0 aliphatic carbocycles. The van der Waals surface area contributed by atoms with Crippen LogP contribution < -0.4 is 15.4 Å². The van der Waals surface area contributed by atoms with E-state index in [0.29, 0.717) is 19.6 Å². The number of fused-ring (bicyclic) bond motifs is 1. The van der Waals surface area contributed by atoms with Gasteiger partial charge in [0.05, 0.1) is 22.9 Å². The van der Waals surface area contributed by atoms with Crippen molar-refractivity contribution < 1.29 is 9.53 Å². The van der Waals surface area contributed by atoms with E-state index < -0.39 is 0 Å². The molecule has 2 heterocycles. The van der Waals surface area contributed by atoms with Crippen LogP contribution in [0.2, 0.25) is 0 Å². The summed E-state index contributed by atoms with van der Waals surface area (Å²) in [6, 6.07) is 6.02. The summed E-state index contributed by atoms with van der Waals surface area (Å²) < 4.78 is 6.56. The number of nitrogens with one attached hydrogen (secondary N) is 2. The van der Waals surface area contributed by atoms with Crippen LogP contribution in [0, 0.1) is 0 Å². The number of aromatic nitrogens is 1. The Balaban J connectivity index is 1.79. The first-order chi connectivity index (χ1) is 9.24. The first-order valence-electron chi connectivity index (χ1n) is 6.31. The number of rotatable bonds is 4. The molecule has 2 aromatic rings.